The van der Waals surface area contributed by atoms with Gasteiger partial charge in [0.2, 0.25) is 0 Å². The topological polar surface area (TPSA) is 50.9 Å². The van der Waals surface area contributed by atoms with E-state index < -0.39 is 11.6 Å². The highest BCUT2D eigenvalue weighted by molar-refractivity contribution is 14.0. The fourth-order valence-electron chi connectivity index (χ4n) is 1.78. The van der Waals surface area contributed by atoms with Gasteiger partial charge in [-0.2, -0.15) is 11.8 Å². The highest BCUT2D eigenvalue weighted by atomic mass is 127. The van der Waals surface area contributed by atoms with Gasteiger partial charge in [-0.1, -0.05) is 0 Å². The van der Waals surface area contributed by atoms with Gasteiger partial charge in [-0.25, -0.2) is 13.8 Å². The minimum Gasteiger partial charge on any atom is -0.492 e. The monoisotopic (exact) mass is 429 g/mol. The van der Waals surface area contributed by atoms with E-state index in [1.54, 1.807) is 0 Å². The Kier molecular flexibility index (Phi) is 8.09. The van der Waals surface area contributed by atoms with Crippen LogP contribution in [0.4, 0.5) is 8.78 Å². The Balaban J connectivity index is 0.00000220. The lowest BCUT2D eigenvalue weighted by Crippen LogP contribution is -2.42. The van der Waals surface area contributed by atoms with E-state index in [0.29, 0.717) is 12.5 Å². The van der Waals surface area contributed by atoms with Crippen LogP contribution in [0, 0.1) is 11.6 Å². The number of hydrogen-bond donors (Lipinski definition) is 1. The Morgan fingerprint density at radius 3 is 2.67 bits per heavy atom. The van der Waals surface area contributed by atoms with Crippen molar-refractivity contribution in [2.75, 3.05) is 37.7 Å². The molecule has 1 aliphatic heterocycles. The number of rotatable bonds is 4. The molecule has 1 aliphatic rings. The Hall–Kier alpha value is -0.770. The molecule has 0 saturated carbocycles. The molecule has 0 aliphatic carbocycles. The van der Waals surface area contributed by atoms with E-state index >= 15 is 0 Å². The van der Waals surface area contributed by atoms with Gasteiger partial charge in [0.25, 0.3) is 0 Å². The molecule has 21 heavy (non-hydrogen) atoms. The van der Waals surface area contributed by atoms with Gasteiger partial charge in [-0.05, 0) is 12.1 Å². The zero-order valence-corrected chi connectivity index (χ0v) is 14.6. The predicted molar refractivity (Wildman–Crippen MR) is 92.7 cm³/mol. The number of nitrogens with zero attached hydrogens (tertiary/aromatic N) is 2. The van der Waals surface area contributed by atoms with Crippen molar-refractivity contribution in [1.82, 2.24) is 4.90 Å². The molecule has 0 atom stereocenters. The maximum Gasteiger partial charge on any atom is 0.191 e. The molecule has 1 heterocycles. The van der Waals surface area contributed by atoms with Crippen molar-refractivity contribution in [3.8, 4) is 5.75 Å². The number of ether oxygens (including phenoxy) is 1. The molecule has 0 unspecified atom stereocenters. The van der Waals surface area contributed by atoms with Crippen molar-refractivity contribution < 1.29 is 13.5 Å². The van der Waals surface area contributed by atoms with E-state index in [1.165, 1.54) is 6.07 Å². The van der Waals surface area contributed by atoms with Crippen molar-refractivity contribution in [1.29, 1.82) is 0 Å². The second-order valence-electron chi connectivity index (χ2n) is 4.26. The van der Waals surface area contributed by atoms with E-state index in [-0.39, 0.29) is 36.3 Å². The Bertz CT molecular complexity index is 484. The Morgan fingerprint density at radius 2 is 2.00 bits per heavy atom. The summed E-state index contributed by atoms with van der Waals surface area (Å²) in [6.45, 7) is 2.47. The van der Waals surface area contributed by atoms with Crippen LogP contribution in [-0.4, -0.2) is 48.6 Å². The average molecular weight is 429 g/mol. The summed E-state index contributed by atoms with van der Waals surface area (Å²) < 4.78 is 31.0. The van der Waals surface area contributed by atoms with E-state index in [2.05, 4.69) is 4.99 Å². The second kappa shape index (κ2) is 9.29. The summed E-state index contributed by atoms with van der Waals surface area (Å²) in [7, 11) is 0. The first-order valence-electron chi connectivity index (χ1n) is 6.37. The van der Waals surface area contributed by atoms with Gasteiger partial charge in [0.05, 0.1) is 6.54 Å². The third-order valence-corrected chi connectivity index (χ3v) is 3.80. The van der Waals surface area contributed by atoms with E-state index in [9.17, 15) is 8.78 Å². The average Bonchev–Trinajstić information content (AvgIpc) is 2.48. The van der Waals surface area contributed by atoms with Gasteiger partial charge in [0.15, 0.2) is 17.6 Å². The normalized spacial score (nSPS) is 15.5. The van der Waals surface area contributed by atoms with Crippen LogP contribution in [0.1, 0.15) is 0 Å². The van der Waals surface area contributed by atoms with Crippen LogP contribution in [0.5, 0.6) is 5.75 Å². The molecule has 0 aromatic heterocycles. The molecule has 0 bridgehead atoms. The fraction of sp³-hybridized carbons (Fsp3) is 0.462. The number of halogens is 3. The van der Waals surface area contributed by atoms with Crippen LogP contribution in [0.2, 0.25) is 0 Å². The maximum absolute atomic E-state index is 12.9. The number of nitrogens with two attached hydrogens (primary N) is 1. The third-order valence-electron chi connectivity index (χ3n) is 2.86. The lowest BCUT2D eigenvalue weighted by molar-refractivity contribution is 0.324. The van der Waals surface area contributed by atoms with Crippen molar-refractivity contribution in [2.45, 2.75) is 0 Å². The van der Waals surface area contributed by atoms with Crippen LogP contribution < -0.4 is 10.5 Å². The van der Waals surface area contributed by atoms with E-state index in [1.807, 2.05) is 16.7 Å². The molecule has 0 amide bonds. The summed E-state index contributed by atoms with van der Waals surface area (Å²) in [4.78, 5) is 6.26. The lowest BCUT2D eigenvalue weighted by atomic mass is 10.3. The first kappa shape index (κ1) is 18.3. The maximum atomic E-state index is 12.9. The minimum absolute atomic E-state index is 0. The highest BCUT2D eigenvalue weighted by Gasteiger charge is 2.11. The lowest BCUT2D eigenvalue weighted by Gasteiger charge is -2.27. The summed E-state index contributed by atoms with van der Waals surface area (Å²) in [6, 6.07) is 3.44. The molecule has 1 aromatic carbocycles. The van der Waals surface area contributed by atoms with Gasteiger partial charge in [-0.3, -0.25) is 0 Å². The van der Waals surface area contributed by atoms with Gasteiger partial charge >= 0.3 is 0 Å². The number of hydrogen-bond acceptors (Lipinski definition) is 3. The van der Waals surface area contributed by atoms with Gasteiger partial charge in [0.1, 0.15) is 12.4 Å². The van der Waals surface area contributed by atoms with Gasteiger partial charge < -0.3 is 15.4 Å². The molecule has 1 aromatic rings. The zero-order chi connectivity index (χ0) is 14.4. The van der Waals surface area contributed by atoms with Crippen molar-refractivity contribution in [3.63, 3.8) is 0 Å². The number of guanidine groups is 1. The molecular weight excluding hydrogens is 411 g/mol. The molecule has 118 valence electrons. The van der Waals surface area contributed by atoms with Crippen LogP contribution in [0.3, 0.4) is 0 Å². The van der Waals surface area contributed by atoms with Crippen LogP contribution in [0.25, 0.3) is 0 Å². The smallest absolute Gasteiger partial charge is 0.191 e. The molecular formula is C13H18F2IN3OS. The summed E-state index contributed by atoms with van der Waals surface area (Å²) in [5, 5.41) is 0. The van der Waals surface area contributed by atoms with Gasteiger partial charge in [0, 0.05) is 30.7 Å². The second-order valence-corrected chi connectivity index (χ2v) is 5.49. The molecule has 2 N–H and O–H groups in total. The van der Waals surface area contributed by atoms with Crippen LogP contribution >= 0.6 is 35.7 Å². The molecule has 1 saturated heterocycles. The summed E-state index contributed by atoms with van der Waals surface area (Å²) >= 11 is 1.90. The Labute approximate surface area is 144 Å². The molecule has 8 heteroatoms. The summed E-state index contributed by atoms with van der Waals surface area (Å²) in [5.74, 6) is 1.11. The highest BCUT2D eigenvalue weighted by Crippen LogP contribution is 2.15. The molecule has 2 rings (SSSR count). The summed E-state index contributed by atoms with van der Waals surface area (Å²) in [6.07, 6.45) is 0. The number of benzene rings is 1. The number of thioether (sulfide) groups is 1. The molecule has 1 fully saturated rings. The van der Waals surface area contributed by atoms with Crippen LogP contribution in [0.15, 0.2) is 23.2 Å². The van der Waals surface area contributed by atoms with E-state index in [4.69, 9.17) is 10.5 Å². The largest absolute Gasteiger partial charge is 0.492 e. The third kappa shape index (κ3) is 5.85. The van der Waals surface area contributed by atoms with Crippen LogP contribution in [-0.2, 0) is 0 Å². The zero-order valence-electron chi connectivity index (χ0n) is 11.4. The summed E-state index contributed by atoms with van der Waals surface area (Å²) in [5.41, 5.74) is 5.87. The van der Waals surface area contributed by atoms with E-state index in [0.717, 1.165) is 36.7 Å². The molecule has 4 nitrogen and oxygen atoms in total. The Morgan fingerprint density at radius 1 is 1.29 bits per heavy atom. The van der Waals surface area contributed by atoms with Gasteiger partial charge in [-0.15, -0.1) is 24.0 Å². The van der Waals surface area contributed by atoms with Crippen molar-refractivity contribution in [2.24, 2.45) is 10.7 Å². The minimum atomic E-state index is -0.920. The first-order chi connectivity index (χ1) is 9.66. The van der Waals surface area contributed by atoms with Crippen molar-refractivity contribution in [3.05, 3.63) is 29.8 Å². The predicted octanol–water partition coefficient (Wildman–Crippen LogP) is 2.33. The molecule has 0 radical (unpaired) electrons. The first-order valence-corrected chi connectivity index (χ1v) is 7.53. The van der Waals surface area contributed by atoms with Crippen molar-refractivity contribution >= 4 is 41.7 Å². The fourth-order valence-corrected chi connectivity index (χ4v) is 2.69. The number of aliphatic imine (C=N–C) groups is 1. The SMILES string of the molecule is I.NC(=NCCOc1ccc(F)c(F)c1)N1CCSCC1. The molecule has 0 spiro atoms. The standard InChI is InChI=1S/C13H17F2N3OS.HI/c14-11-2-1-10(9-12(11)15)19-6-3-17-13(16)18-4-7-20-8-5-18;/h1-2,9H,3-8H2,(H2,16,17);1H. The quantitative estimate of drug-likeness (QED) is 0.346.